The summed E-state index contributed by atoms with van der Waals surface area (Å²) in [6, 6.07) is 5.68. The molecule has 1 saturated heterocycles. The largest absolute Gasteiger partial charge is 0.325 e. The summed E-state index contributed by atoms with van der Waals surface area (Å²) in [5.41, 5.74) is 1.64. The van der Waals surface area contributed by atoms with E-state index in [4.69, 9.17) is 0 Å². The minimum absolute atomic E-state index is 0.161. The highest BCUT2D eigenvalue weighted by Gasteiger charge is 2.30. The van der Waals surface area contributed by atoms with Crippen molar-refractivity contribution in [3.63, 3.8) is 0 Å². The van der Waals surface area contributed by atoms with Crippen LogP contribution in [0.2, 0.25) is 0 Å². The highest BCUT2D eigenvalue weighted by molar-refractivity contribution is 7.88. The summed E-state index contributed by atoms with van der Waals surface area (Å²) in [4.78, 5) is 22.2. The minimum Gasteiger partial charge on any atom is -0.325 e. The van der Waals surface area contributed by atoms with Crippen LogP contribution in [0.4, 0.5) is 4.79 Å². The van der Waals surface area contributed by atoms with Crippen molar-refractivity contribution in [3.05, 3.63) is 35.4 Å². The van der Waals surface area contributed by atoms with Gasteiger partial charge >= 0.3 is 6.03 Å². The number of imide groups is 1. The molecule has 0 bridgehead atoms. The predicted octanol–water partition coefficient (Wildman–Crippen LogP) is -0.378. The summed E-state index contributed by atoms with van der Waals surface area (Å²) in [6.07, 6.45) is 0. The Labute approximate surface area is 116 Å². The number of hydrogen-bond donors (Lipinski definition) is 3. The molecule has 1 aromatic carbocycles. The SMILES string of the molecule is Cc1cccc(CS(=O)(=O)NCC2NC(=O)NC2=O)c1. The number of carbonyl (C=O) groups is 2. The molecular weight excluding hydrogens is 282 g/mol. The molecule has 3 N–H and O–H groups in total. The maximum absolute atomic E-state index is 11.9. The van der Waals surface area contributed by atoms with Crippen LogP contribution in [-0.4, -0.2) is 32.9 Å². The van der Waals surface area contributed by atoms with Crippen LogP contribution in [0.25, 0.3) is 0 Å². The van der Waals surface area contributed by atoms with Crippen molar-refractivity contribution in [2.45, 2.75) is 18.7 Å². The zero-order valence-electron chi connectivity index (χ0n) is 10.8. The summed E-state index contributed by atoms with van der Waals surface area (Å²) in [5.74, 6) is -0.704. The number of sulfonamides is 1. The number of aryl methyl sites for hydroxylation is 1. The van der Waals surface area contributed by atoms with Crippen LogP contribution < -0.4 is 15.4 Å². The number of urea groups is 1. The van der Waals surface area contributed by atoms with E-state index < -0.39 is 28.0 Å². The number of hydrogen-bond acceptors (Lipinski definition) is 4. The van der Waals surface area contributed by atoms with Crippen LogP contribution in [0.5, 0.6) is 0 Å². The lowest BCUT2D eigenvalue weighted by molar-refractivity contribution is -0.120. The smallest absolute Gasteiger partial charge is 0.322 e. The first-order valence-corrected chi connectivity index (χ1v) is 7.65. The molecule has 1 aromatic rings. The van der Waals surface area contributed by atoms with E-state index in [0.29, 0.717) is 5.56 Å². The molecule has 2 rings (SSSR count). The first-order valence-electron chi connectivity index (χ1n) is 6.00. The van der Waals surface area contributed by atoms with Crippen LogP contribution in [0.15, 0.2) is 24.3 Å². The molecule has 108 valence electrons. The number of nitrogens with one attached hydrogen (secondary N) is 3. The summed E-state index contributed by atoms with van der Waals surface area (Å²) in [7, 11) is -3.56. The van der Waals surface area contributed by atoms with Crippen molar-refractivity contribution in [3.8, 4) is 0 Å². The van der Waals surface area contributed by atoms with Gasteiger partial charge in [0.05, 0.1) is 5.75 Å². The van der Waals surface area contributed by atoms with Gasteiger partial charge in [0.1, 0.15) is 6.04 Å². The van der Waals surface area contributed by atoms with Gasteiger partial charge in [-0.3, -0.25) is 10.1 Å². The summed E-state index contributed by atoms with van der Waals surface area (Å²) in [6.45, 7) is 1.72. The molecule has 0 aromatic heterocycles. The van der Waals surface area contributed by atoms with Gasteiger partial charge in [0.15, 0.2) is 0 Å². The highest BCUT2D eigenvalue weighted by Crippen LogP contribution is 2.07. The van der Waals surface area contributed by atoms with Gasteiger partial charge in [-0.25, -0.2) is 17.9 Å². The predicted molar refractivity (Wildman–Crippen MR) is 72.3 cm³/mol. The van der Waals surface area contributed by atoms with Gasteiger partial charge in [0.2, 0.25) is 10.0 Å². The summed E-state index contributed by atoms with van der Waals surface area (Å²) >= 11 is 0. The molecule has 1 fully saturated rings. The fraction of sp³-hybridized carbons (Fsp3) is 0.333. The van der Waals surface area contributed by atoms with Gasteiger partial charge < -0.3 is 5.32 Å². The molecule has 0 radical (unpaired) electrons. The average molecular weight is 297 g/mol. The van der Waals surface area contributed by atoms with Gasteiger partial charge in [0.25, 0.3) is 5.91 Å². The molecule has 0 aliphatic carbocycles. The molecule has 0 saturated carbocycles. The number of rotatable bonds is 5. The van der Waals surface area contributed by atoms with Crippen LogP contribution >= 0.6 is 0 Å². The van der Waals surface area contributed by atoms with Crippen molar-refractivity contribution < 1.29 is 18.0 Å². The number of amides is 3. The Balaban J connectivity index is 1.94. The Kier molecular flexibility index (Phi) is 4.05. The van der Waals surface area contributed by atoms with E-state index in [1.54, 1.807) is 18.2 Å². The molecule has 7 nitrogen and oxygen atoms in total. The van der Waals surface area contributed by atoms with Crippen LogP contribution in [0, 0.1) is 6.92 Å². The Bertz CT molecular complexity index is 642. The Morgan fingerprint density at radius 3 is 2.65 bits per heavy atom. The van der Waals surface area contributed by atoms with Crippen LogP contribution in [-0.2, 0) is 20.6 Å². The van der Waals surface area contributed by atoms with Crippen molar-refractivity contribution in [2.75, 3.05) is 6.54 Å². The maximum atomic E-state index is 11.9. The van der Waals surface area contributed by atoms with E-state index in [2.05, 4.69) is 10.0 Å². The highest BCUT2D eigenvalue weighted by atomic mass is 32.2. The third-order valence-corrected chi connectivity index (χ3v) is 4.12. The van der Waals surface area contributed by atoms with Gasteiger partial charge in [-0.05, 0) is 12.5 Å². The zero-order valence-corrected chi connectivity index (χ0v) is 11.7. The molecule has 3 amide bonds. The van der Waals surface area contributed by atoms with Gasteiger partial charge in [-0.2, -0.15) is 0 Å². The fourth-order valence-electron chi connectivity index (χ4n) is 1.89. The van der Waals surface area contributed by atoms with Gasteiger partial charge in [0, 0.05) is 6.54 Å². The molecule has 20 heavy (non-hydrogen) atoms. The average Bonchev–Trinajstić information content (AvgIpc) is 2.65. The van der Waals surface area contributed by atoms with Crippen molar-refractivity contribution >= 4 is 22.0 Å². The molecule has 1 aliphatic rings. The lowest BCUT2D eigenvalue weighted by Crippen LogP contribution is -2.41. The van der Waals surface area contributed by atoms with E-state index in [-0.39, 0.29) is 12.3 Å². The first-order chi connectivity index (χ1) is 9.35. The Morgan fingerprint density at radius 1 is 1.30 bits per heavy atom. The normalized spacial score (nSPS) is 18.8. The van der Waals surface area contributed by atoms with Crippen molar-refractivity contribution in [1.29, 1.82) is 0 Å². The molecule has 1 heterocycles. The van der Waals surface area contributed by atoms with Gasteiger partial charge in [-0.15, -0.1) is 0 Å². The van der Waals surface area contributed by atoms with Crippen molar-refractivity contribution in [1.82, 2.24) is 15.4 Å². The minimum atomic E-state index is -3.56. The molecule has 8 heteroatoms. The third-order valence-electron chi connectivity index (χ3n) is 2.81. The first kappa shape index (κ1) is 14.5. The van der Waals surface area contributed by atoms with Crippen molar-refractivity contribution in [2.24, 2.45) is 0 Å². The topological polar surface area (TPSA) is 104 Å². The number of benzene rings is 1. The fourth-order valence-corrected chi connectivity index (χ4v) is 3.03. The molecule has 1 atom stereocenters. The molecule has 1 unspecified atom stereocenters. The number of carbonyl (C=O) groups excluding carboxylic acids is 2. The standard InChI is InChI=1S/C12H15N3O4S/c1-8-3-2-4-9(5-8)7-20(18,19)13-6-10-11(16)15-12(17)14-10/h2-5,10,13H,6-7H2,1H3,(H2,14,15,16,17). The lowest BCUT2D eigenvalue weighted by Gasteiger charge is -2.10. The third kappa shape index (κ3) is 3.78. The lowest BCUT2D eigenvalue weighted by atomic mass is 10.2. The quantitative estimate of drug-likeness (QED) is 0.644. The second-order valence-electron chi connectivity index (χ2n) is 4.61. The molecule has 1 aliphatic heterocycles. The van der Waals surface area contributed by atoms with E-state index in [1.165, 1.54) is 0 Å². The monoisotopic (exact) mass is 297 g/mol. The summed E-state index contributed by atoms with van der Waals surface area (Å²) < 4.78 is 26.1. The molecular formula is C12H15N3O4S. The van der Waals surface area contributed by atoms with Crippen LogP contribution in [0.1, 0.15) is 11.1 Å². The summed E-state index contributed by atoms with van der Waals surface area (Å²) in [5, 5.41) is 4.36. The van der Waals surface area contributed by atoms with Gasteiger partial charge in [-0.1, -0.05) is 29.8 Å². The van der Waals surface area contributed by atoms with E-state index >= 15 is 0 Å². The van der Waals surface area contributed by atoms with E-state index in [9.17, 15) is 18.0 Å². The molecule has 0 spiro atoms. The Morgan fingerprint density at radius 2 is 2.05 bits per heavy atom. The zero-order chi connectivity index (χ0) is 14.8. The second kappa shape index (κ2) is 5.59. The van der Waals surface area contributed by atoms with Crippen LogP contribution in [0.3, 0.4) is 0 Å². The maximum Gasteiger partial charge on any atom is 0.322 e. The van der Waals surface area contributed by atoms with E-state index in [0.717, 1.165) is 5.56 Å². The second-order valence-corrected chi connectivity index (χ2v) is 6.42. The van der Waals surface area contributed by atoms with E-state index in [1.807, 2.05) is 18.3 Å². The Hall–Kier alpha value is -1.93.